The smallest absolute Gasteiger partial charge is 0.268 e. The molecule has 0 N–H and O–H groups in total. The molecule has 3 aromatic rings. The van der Waals surface area contributed by atoms with Crippen LogP contribution in [0.25, 0.3) is 15.9 Å². The fraction of sp³-hybridized carbons (Fsp3) is 0.143. The summed E-state index contributed by atoms with van der Waals surface area (Å²) >= 11 is 7.50. The first-order valence-electron chi connectivity index (χ1n) is 5.96. The molecular formula is C14H11ClN2OS. The summed E-state index contributed by atoms with van der Waals surface area (Å²) in [5.41, 5.74) is 0.723. The Morgan fingerprint density at radius 3 is 2.74 bits per heavy atom. The maximum absolute atomic E-state index is 12.6. The molecule has 0 aliphatic rings. The van der Waals surface area contributed by atoms with Crippen molar-refractivity contribution in [2.24, 2.45) is 0 Å². The van der Waals surface area contributed by atoms with E-state index >= 15 is 0 Å². The summed E-state index contributed by atoms with van der Waals surface area (Å²) in [4.78, 5) is 17.9. The van der Waals surface area contributed by atoms with Crippen molar-refractivity contribution in [3.05, 3.63) is 56.9 Å². The van der Waals surface area contributed by atoms with Crippen LogP contribution >= 0.6 is 22.9 Å². The van der Waals surface area contributed by atoms with Crippen LogP contribution in [0.15, 0.2) is 40.5 Å². The topological polar surface area (TPSA) is 34.9 Å². The van der Waals surface area contributed by atoms with Crippen LogP contribution in [0.1, 0.15) is 12.7 Å². The average molecular weight is 291 g/mol. The van der Waals surface area contributed by atoms with Gasteiger partial charge in [-0.05, 0) is 12.1 Å². The third-order valence-electron chi connectivity index (χ3n) is 2.96. The normalized spacial score (nSPS) is 11.1. The SMILES string of the molecule is CCc1nc2scc(Cl)c2c(=O)n1-c1ccccc1. The number of para-hydroxylation sites is 1. The van der Waals surface area contributed by atoms with Gasteiger partial charge >= 0.3 is 0 Å². The molecule has 5 heteroatoms. The first kappa shape index (κ1) is 12.4. The van der Waals surface area contributed by atoms with Crippen LogP contribution in [-0.4, -0.2) is 9.55 Å². The van der Waals surface area contributed by atoms with E-state index in [0.29, 0.717) is 21.7 Å². The third-order valence-corrected chi connectivity index (χ3v) is 4.26. The second kappa shape index (κ2) is 4.79. The molecule has 19 heavy (non-hydrogen) atoms. The van der Waals surface area contributed by atoms with Crippen molar-refractivity contribution >= 4 is 33.2 Å². The van der Waals surface area contributed by atoms with Crippen LogP contribution in [0, 0.1) is 0 Å². The fourth-order valence-electron chi connectivity index (χ4n) is 2.08. The van der Waals surface area contributed by atoms with Gasteiger partial charge in [-0.15, -0.1) is 11.3 Å². The minimum Gasteiger partial charge on any atom is -0.268 e. The van der Waals surface area contributed by atoms with Crippen LogP contribution in [0.3, 0.4) is 0 Å². The van der Waals surface area contributed by atoms with E-state index in [-0.39, 0.29) is 5.56 Å². The van der Waals surface area contributed by atoms with Gasteiger partial charge in [0, 0.05) is 11.8 Å². The zero-order chi connectivity index (χ0) is 13.4. The van der Waals surface area contributed by atoms with Gasteiger partial charge < -0.3 is 0 Å². The molecule has 3 rings (SSSR count). The highest BCUT2D eigenvalue weighted by Crippen LogP contribution is 2.26. The van der Waals surface area contributed by atoms with Crippen molar-refractivity contribution in [2.75, 3.05) is 0 Å². The Kier molecular flexibility index (Phi) is 3.12. The molecule has 0 atom stereocenters. The predicted molar refractivity (Wildman–Crippen MR) is 79.6 cm³/mol. The van der Waals surface area contributed by atoms with Gasteiger partial charge in [-0.3, -0.25) is 9.36 Å². The van der Waals surface area contributed by atoms with Crippen LogP contribution in [0.4, 0.5) is 0 Å². The summed E-state index contributed by atoms with van der Waals surface area (Å²) in [6, 6.07) is 9.52. The first-order valence-corrected chi connectivity index (χ1v) is 7.22. The molecule has 0 aliphatic carbocycles. The number of rotatable bonds is 2. The van der Waals surface area contributed by atoms with Gasteiger partial charge in [-0.1, -0.05) is 36.7 Å². The Morgan fingerprint density at radius 1 is 1.32 bits per heavy atom. The van der Waals surface area contributed by atoms with Gasteiger partial charge in [-0.2, -0.15) is 0 Å². The molecule has 0 radical (unpaired) electrons. The number of aromatic nitrogens is 2. The third kappa shape index (κ3) is 1.97. The molecular weight excluding hydrogens is 280 g/mol. The van der Waals surface area contributed by atoms with Crippen molar-refractivity contribution in [2.45, 2.75) is 13.3 Å². The molecule has 0 amide bonds. The van der Waals surface area contributed by atoms with Crippen LogP contribution in [-0.2, 0) is 6.42 Å². The maximum Gasteiger partial charge on any atom is 0.268 e. The van der Waals surface area contributed by atoms with E-state index in [9.17, 15) is 4.79 Å². The molecule has 96 valence electrons. The molecule has 0 aliphatic heterocycles. The highest BCUT2D eigenvalue weighted by Gasteiger charge is 2.15. The van der Waals surface area contributed by atoms with Crippen molar-refractivity contribution in [1.29, 1.82) is 0 Å². The minimum absolute atomic E-state index is 0.0979. The molecule has 3 nitrogen and oxygen atoms in total. The van der Waals surface area contributed by atoms with E-state index in [1.54, 1.807) is 9.95 Å². The molecule has 1 aromatic carbocycles. The molecule has 0 spiro atoms. The largest absolute Gasteiger partial charge is 0.268 e. The Balaban J connectivity index is 2.43. The molecule has 2 heterocycles. The summed E-state index contributed by atoms with van der Waals surface area (Å²) in [5, 5.41) is 2.74. The van der Waals surface area contributed by atoms with Crippen molar-refractivity contribution in [1.82, 2.24) is 9.55 Å². The Hall–Kier alpha value is -1.65. The highest BCUT2D eigenvalue weighted by molar-refractivity contribution is 7.17. The Morgan fingerprint density at radius 2 is 2.05 bits per heavy atom. The standard InChI is InChI=1S/C14H11ClN2OS/c1-2-11-16-13-12(10(15)8-19-13)14(18)17(11)9-6-4-3-5-7-9/h3-8H,2H2,1H3. The highest BCUT2D eigenvalue weighted by atomic mass is 35.5. The number of nitrogens with zero attached hydrogens (tertiary/aromatic N) is 2. The van der Waals surface area contributed by atoms with Gasteiger partial charge in [0.15, 0.2) is 0 Å². The lowest BCUT2D eigenvalue weighted by molar-refractivity contribution is 0.836. The molecule has 0 unspecified atom stereocenters. The number of benzene rings is 1. The summed E-state index contributed by atoms with van der Waals surface area (Å²) < 4.78 is 1.64. The van der Waals surface area contributed by atoms with E-state index < -0.39 is 0 Å². The Labute approximate surface area is 119 Å². The zero-order valence-electron chi connectivity index (χ0n) is 10.3. The van der Waals surface area contributed by atoms with Gasteiger partial charge in [-0.25, -0.2) is 4.98 Å². The van der Waals surface area contributed by atoms with Crippen molar-refractivity contribution in [3.8, 4) is 5.69 Å². The minimum atomic E-state index is -0.0979. The zero-order valence-corrected chi connectivity index (χ0v) is 11.8. The Bertz CT molecular complexity index is 792. The summed E-state index contributed by atoms with van der Waals surface area (Å²) in [7, 11) is 0. The molecule has 0 fully saturated rings. The number of aryl methyl sites for hydroxylation is 1. The molecule has 0 bridgehead atoms. The lowest BCUT2D eigenvalue weighted by atomic mass is 10.3. The first-order chi connectivity index (χ1) is 9.22. The van der Waals surface area contributed by atoms with E-state index in [1.165, 1.54) is 11.3 Å². The van der Waals surface area contributed by atoms with Crippen molar-refractivity contribution in [3.63, 3.8) is 0 Å². The van der Waals surface area contributed by atoms with Crippen molar-refractivity contribution < 1.29 is 0 Å². The molecule has 2 aromatic heterocycles. The molecule has 0 saturated carbocycles. The number of halogens is 1. The second-order valence-electron chi connectivity index (χ2n) is 4.12. The number of fused-ring (bicyclic) bond motifs is 1. The van der Waals surface area contributed by atoms with Gasteiger partial charge in [0.05, 0.1) is 16.1 Å². The van der Waals surface area contributed by atoms with E-state index in [1.807, 2.05) is 37.3 Å². The van der Waals surface area contributed by atoms with Gasteiger partial charge in [0.25, 0.3) is 5.56 Å². The molecule has 0 saturated heterocycles. The van der Waals surface area contributed by atoms with E-state index in [0.717, 1.165) is 11.5 Å². The fourth-order valence-corrected chi connectivity index (χ4v) is 3.25. The quantitative estimate of drug-likeness (QED) is 0.722. The summed E-state index contributed by atoms with van der Waals surface area (Å²) in [5.74, 6) is 0.752. The van der Waals surface area contributed by atoms with Gasteiger partial charge in [0.1, 0.15) is 10.7 Å². The average Bonchev–Trinajstić information content (AvgIpc) is 2.81. The number of hydrogen-bond acceptors (Lipinski definition) is 3. The lowest BCUT2D eigenvalue weighted by Gasteiger charge is -2.10. The second-order valence-corrected chi connectivity index (χ2v) is 5.39. The maximum atomic E-state index is 12.6. The van der Waals surface area contributed by atoms with Crippen LogP contribution in [0.2, 0.25) is 5.02 Å². The monoisotopic (exact) mass is 290 g/mol. The summed E-state index contributed by atoms with van der Waals surface area (Å²) in [6.45, 7) is 1.99. The van der Waals surface area contributed by atoms with E-state index in [4.69, 9.17) is 11.6 Å². The summed E-state index contributed by atoms with van der Waals surface area (Å²) in [6.07, 6.45) is 0.690. The lowest BCUT2D eigenvalue weighted by Crippen LogP contribution is -2.23. The van der Waals surface area contributed by atoms with Crippen LogP contribution < -0.4 is 5.56 Å². The predicted octanol–water partition coefficient (Wildman–Crippen LogP) is 3.66. The van der Waals surface area contributed by atoms with Gasteiger partial charge in [0.2, 0.25) is 0 Å². The number of hydrogen-bond donors (Lipinski definition) is 0. The van der Waals surface area contributed by atoms with Crippen LogP contribution in [0.5, 0.6) is 0 Å². The van der Waals surface area contributed by atoms with E-state index in [2.05, 4.69) is 4.98 Å². The number of thiophene rings is 1.